The van der Waals surface area contributed by atoms with Crippen LogP contribution in [-0.4, -0.2) is 20.9 Å². The summed E-state index contributed by atoms with van der Waals surface area (Å²) < 4.78 is 26.0. The number of para-hydroxylation sites is 3. The Bertz CT molecular complexity index is 1110. The Kier molecular flexibility index (Phi) is 4.43. The molecule has 0 aromatic heterocycles. The smallest absolute Gasteiger partial charge is 0.244 e. The maximum Gasteiger partial charge on any atom is 0.244 e. The van der Waals surface area contributed by atoms with Crippen LogP contribution in [0, 0.1) is 13.8 Å². The lowest BCUT2D eigenvalue weighted by molar-refractivity contribution is -0.114. The molecule has 3 aromatic carbocycles. The number of hydrogen-bond acceptors (Lipinski definition) is 4. The fraction of sp³-hybridized carbons (Fsp3) is 0.136. The van der Waals surface area contributed by atoms with Crippen LogP contribution in [0.25, 0.3) is 0 Å². The van der Waals surface area contributed by atoms with E-state index in [1.54, 1.807) is 53.4 Å². The fourth-order valence-corrected chi connectivity index (χ4v) is 5.23. The van der Waals surface area contributed by atoms with E-state index in [9.17, 15) is 13.2 Å². The molecule has 0 saturated heterocycles. The van der Waals surface area contributed by atoms with E-state index >= 15 is 0 Å². The summed E-state index contributed by atoms with van der Waals surface area (Å²) in [5.74, 6) is -0.207. The summed E-state index contributed by atoms with van der Waals surface area (Å²) in [6.07, 6.45) is 0. The van der Waals surface area contributed by atoms with Crippen LogP contribution in [0.15, 0.2) is 76.5 Å². The second-order valence-corrected chi connectivity index (χ2v) is 8.73. The summed E-state index contributed by atoms with van der Waals surface area (Å²) in [7, 11) is -3.62. The Morgan fingerprint density at radius 1 is 0.821 bits per heavy atom. The van der Waals surface area contributed by atoms with Gasteiger partial charge < -0.3 is 10.2 Å². The fourth-order valence-electron chi connectivity index (χ4n) is 3.57. The van der Waals surface area contributed by atoms with Crippen molar-refractivity contribution in [2.75, 3.05) is 16.8 Å². The zero-order chi connectivity index (χ0) is 19.9. The molecule has 0 fully saturated rings. The van der Waals surface area contributed by atoms with Crippen molar-refractivity contribution in [1.29, 1.82) is 0 Å². The van der Waals surface area contributed by atoms with Crippen LogP contribution in [0.2, 0.25) is 0 Å². The van der Waals surface area contributed by atoms with Gasteiger partial charge in [0, 0.05) is 5.69 Å². The van der Waals surface area contributed by atoms with Crippen LogP contribution >= 0.6 is 0 Å². The molecule has 0 atom stereocenters. The summed E-state index contributed by atoms with van der Waals surface area (Å²) in [6, 6.07) is 19.4. The van der Waals surface area contributed by atoms with E-state index in [0.29, 0.717) is 11.4 Å². The molecule has 0 radical (unpaired) electrons. The molecule has 1 N–H and O–H groups in total. The Labute approximate surface area is 164 Å². The molecule has 142 valence electrons. The van der Waals surface area contributed by atoms with Gasteiger partial charge in [0.05, 0.1) is 21.2 Å². The molecule has 6 heteroatoms. The summed E-state index contributed by atoms with van der Waals surface area (Å²) >= 11 is 0. The van der Waals surface area contributed by atoms with Gasteiger partial charge in [-0.05, 0) is 49.2 Å². The number of sulfone groups is 1. The minimum absolute atomic E-state index is 0.0112. The molecule has 1 aliphatic heterocycles. The number of carbonyl (C=O) groups is 1. The average Bonchev–Trinajstić information content (AvgIpc) is 2.68. The molecule has 4 rings (SSSR count). The maximum atomic E-state index is 13.0. The molecule has 28 heavy (non-hydrogen) atoms. The number of fused-ring (bicyclic) bond motifs is 2. The van der Waals surface area contributed by atoms with Gasteiger partial charge >= 0.3 is 0 Å². The van der Waals surface area contributed by atoms with E-state index in [0.717, 1.165) is 16.8 Å². The Balaban J connectivity index is 1.74. The number of rotatable bonds is 3. The molecule has 1 amide bonds. The first-order chi connectivity index (χ1) is 13.4. The molecule has 0 unspecified atom stereocenters. The second kappa shape index (κ2) is 6.80. The molecule has 3 aromatic rings. The van der Waals surface area contributed by atoms with Crippen LogP contribution in [0.4, 0.5) is 17.1 Å². The van der Waals surface area contributed by atoms with Crippen molar-refractivity contribution in [2.45, 2.75) is 23.6 Å². The molecular weight excluding hydrogens is 372 g/mol. The molecule has 0 aliphatic carbocycles. The van der Waals surface area contributed by atoms with Gasteiger partial charge in [0.2, 0.25) is 15.7 Å². The quantitative estimate of drug-likeness (QED) is 0.724. The molecule has 1 heterocycles. The summed E-state index contributed by atoms with van der Waals surface area (Å²) in [5.41, 5.74) is 3.78. The van der Waals surface area contributed by atoms with Crippen molar-refractivity contribution < 1.29 is 13.2 Å². The van der Waals surface area contributed by atoms with Gasteiger partial charge in [-0.2, -0.15) is 0 Å². The van der Waals surface area contributed by atoms with Crippen LogP contribution in [0.3, 0.4) is 0 Å². The molecular formula is C22H20N2O3S. The van der Waals surface area contributed by atoms with Crippen LogP contribution in [0.1, 0.15) is 11.1 Å². The third-order valence-electron chi connectivity index (χ3n) is 4.94. The highest BCUT2D eigenvalue weighted by molar-refractivity contribution is 7.92. The molecule has 0 bridgehead atoms. The zero-order valence-electron chi connectivity index (χ0n) is 15.6. The van der Waals surface area contributed by atoms with Crippen molar-refractivity contribution >= 4 is 32.8 Å². The lowest BCUT2D eigenvalue weighted by atomic mass is 10.1. The number of nitrogens with one attached hydrogen (secondary N) is 1. The Morgan fingerprint density at radius 2 is 1.32 bits per heavy atom. The molecule has 0 spiro atoms. The number of anilines is 3. The van der Waals surface area contributed by atoms with E-state index in [4.69, 9.17) is 0 Å². The van der Waals surface area contributed by atoms with Gasteiger partial charge in [-0.3, -0.25) is 4.79 Å². The minimum atomic E-state index is -3.62. The predicted molar refractivity (Wildman–Crippen MR) is 110 cm³/mol. The average molecular weight is 392 g/mol. The van der Waals surface area contributed by atoms with Gasteiger partial charge in [0.15, 0.2) is 0 Å². The van der Waals surface area contributed by atoms with Crippen molar-refractivity contribution in [3.05, 3.63) is 77.9 Å². The minimum Gasteiger partial charge on any atom is -0.330 e. The second-order valence-electron chi connectivity index (χ2n) is 6.84. The summed E-state index contributed by atoms with van der Waals surface area (Å²) in [5, 5.41) is 2.98. The monoisotopic (exact) mass is 392 g/mol. The van der Waals surface area contributed by atoms with E-state index in [1.807, 2.05) is 32.0 Å². The number of amides is 1. The molecule has 0 saturated carbocycles. The van der Waals surface area contributed by atoms with E-state index in [1.165, 1.54) is 0 Å². The standard InChI is InChI=1S/C22H20N2O3S/c1-15-8-7-9-16(2)22(15)23-21(25)14-24-17-10-3-5-12-19(17)28(26,27)20-13-6-4-11-18(20)24/h3-13H,14H2,1-2H3,(H,23,25). The van der Waals surface area contributed by atoms with E-state index < -0.39 is 9.84 Å². The Morgan fingerprint density at radius 3 is 1.86 bits per heavy atom. The number of benzene rings is 3. The summed E-state index contributed by atoms with van der Waals surface area (Å²) in [6.45, 7) is 3.90. The number of carbonyl (C=O) groups excluding carboxylic acids is 1. The third kappa shape index (κ3) is 2.96. The molecule has 5 nitrogen and oxygen atoms in total. The largest absolute Gasteiger partial charge is 0.330 e. The number of hydrogen-bond donors (Lipinski definition) is 1. The van der Waals surface area contributed by atoms with Gasteiger partial charge in [0.1, 0.15) is 6.54 Å². The van der Waals surface area contributed by atoms with Gasteiger partial charge in [-0.1, -0.05) is 42.5 Å². The number of aryl methyl sites for hydroxylation is 2. The van der Waals surface area contributed by atoms with Gasteiger partial charge in [-0.15, -0.1) is 0 Å². The molecule has 1 aliphatic rings. The van der Waals surface area contributed by atoms with Gasteiger partial charge in [0.25, 0.3) is 0 Å². The van der Waals surface area contributed by atoms with Crippen LogP contribution < -0.4 is 10.2 Å². The van der Waals surface area contributed by atoms with Crippen molar-refractivity contribution in [1.82, 2.24) is 0 Å². The summed E-state index contributed by atoms with van der Waals surface area (Å²) in [4.78, 5) is 15.1. The SMILES string of the molecule is Cc1cccc(C)c1NC(=O)CN1c2ccccc2S(=O)(=O)c2ccccc21. The van der Waals surface area contributed by atoms with Crippen molar-refractivity contribution in [3.8, 4) is 0 Å². The third-order valence-corrected chi connectivity index (χ3v) is 6.79. The zero-order valence-corrected chi connectivity index (χ0v) is 16.5. The predicted octanol–water partition coefficient (Wildman–Crippen LogP) is 4.23. The highest BCUT2D eigenvalue weighted by atomic mass is 32.2. The maximum absolute atomic E-state index is 13.0. The van der Waals surface area contributed by atoms with Crippen molar-refractivity contribution in [3.63, 3.8) is 0 Å². The lowest BCUT2D eigenvalue weighted by Gasteiger charge is -2.32. The van der Waals surface area contributed by atoms with Gasteiger partial charge in [-0.25, -0.2) is 8.42 Å². The normalized spacial score (nSPS) is 14.1. The highest BCUT2D eigenvalue weighted by Gasteiger charge is 2.34. The first-order valence-corrected chi connectivity index (χ1v) is 10.4. The lowest BCUT2D eigenvalue weighted by Crippen LogP contribution is -2.34. The Hall–Kier alpha value is -3.12. The van der Waals surface area contributed by atoms with Crippen LogP contribution in [0.5, 0.6) is 0 Å². The highest BCUT2D eigenvalue weighted by Crippen LogP contribution is 2.43. The van der Waals surface area contributed by atoms with E-state index in [-0.39, 0.29) is 22.2 Å². The number of nitrogens with zero attached hydrogens (tertiary/aromatic N) is 1. The first kappa shape index (κ1) is 18.3. The topological polar surface area (TPSA) is 66.5 Å². The van der Waals surface area contributed by atoms with E-state index in [2.05, 4.69) is 5.32 Å². The van der Waals surface area contributed by atoms with Crippen LogP contribution in [-0.2, 0) is 14.6 Å². The first-order valence-electron chi connectivity index (χ1n) is 8.96. The van der Waals surface area contributed by atoms with Crippen molar-refractivity contribution in [2.24, 2.45) is 0 Å².